The molecule has 0 spiro atoms. The summed E-state index contributed by atoms with van der Waals surface area (Å²) in [4.78, 5) is 21.6. The van der Waals surface area contributed by atoms with Crippen LogP contribution in [0.3, 0.4) is 0 Å². The van der Waals surface area contributed by atoms with Gasteiger partial charge in [-0.1, -0.05) is 48.5 Å². The first kappa shape index (κ1) is 23.1. The first-order valence-corrected chi connectivity index (χ1v) is 12.4. The molecule has 0 aliphatic carbocycles. The molecule has 9 nitrogen and oxygen atoms in total. The van der Waals surface area contributed by atoms with E-state index in [0.29, 0.717) is 43.5 Å². The molecule has 2 aromatic carbocycles. The quantitative estimate of drug-likeness (QED) is 0.566. The molecular weight excluding hydrogens is 442 g/mol. The van der Waals surface area contributed by atoms with Gasteiger partial charge in [-0.2, -0.15) is 4.98 Å². The van der Waals surface area contributed by atoms with Crippen LogP contribution in [-0.2, 0) is 10.0 Å². The monoisotopic (exact) mass is 469 g/mol. The van der Waals surface area contributed by atoms with E-state index < -0.39 is 10.0 Å². The van der Waals surface area contributed by atoms with Crippen LogP contribution >= 0.6 is 0 Å². The summed E-state index contributed by atoms with van der Waals surface area (Å²) in [6, 6.07) is 15.7. The van der Waals surface area contributed by atoms with Crippen molar-refractivity contribution in [2.45, 2.75) is 24.8 Å². The fourth-order valence-electron chi connectivity index (χ4n) is 3.83. The van der Waals surface area contributed by atoms with E-state index >= 15 is 0 Å². The number of nitrogens with zero attached hydrogens (tertiary/aromatic N) is 4. The van der Waals surface area contributed by atoms with Crippen LogP contribution in [0.2, 0.25) is 0 Å². The second-order valence-electron chi connectivity index (χ2n) is 7.86. The Morgan fingerprint density at radius 2 is 1.82 bits per heavy atom. The first-order valence-electron chi connectivity index (χ1n) is 10.9. The average Bonchev–Trinajstić information content (AvgIpc) is 3.34. The number of sulfonamides is 1. The number of carbonyl (C=O) groups is 1. The molecule has 10 heteroatoms. The Balaban J connectivity index is 1.39. The second kappa shape index (κ2) is 9.82. The van der Waals surface area contributed by atoms with E-state index in [-0.39, 0.29) is 23.4 Å². The summed E-state index contributed by atoms with van der Waals surface area (Å²) < 4.78 is 32.5. The highest BCUT2D eigenvalue weighted by atomic mass is 32.2. The van der Waals surface area contributed by atoms with E-state index in [0.717, 1.165) is 5.56 Å². The summed E-state index contributed by atoms with van der Waals surface area (Å²) >= 11 is 0. The van der Waals surface area contributed by atoms with Crippen molar-refractivity contribution in [1.82, 2.24) is 24.7 Å². The predicted octanol–water partition coefficient (Wildman–Crippen LogP) is 2.55. The van der Waals surface area contributed by atoms with Crippen LogP contribution in [0.1, 0.15) is 36.1 Å². The fraction of sp³-hybridized carbons (Fsp3) is 0.348. The lowest BCUT2D eigenvalue weighted by molar-refractivity contribution is 0.0551. The third-order valence-electron chi connectivity index (χ3n) is 5.71. The van der Waals surface area contributed by atoms with Crippen molar-refractivity contribution in [1.29, 1.82) is 0 Å². The van der Waals surface area contributed by atoms with Crippen LogP contribution in [0.4, 0.5) is 0 Å². The fourth-order valence-corrected chi connectivity index (χ4v) is 4.92. The molecule has 0 radical (unpaired) electrons. The smallest absolute Gasteiger partial charge is 0.253 e. The molecule has 4 rings (SSSR count). The SMILES string of the molecule is CCNS(=O)(=O)c1cccc(C(=O)N2CCN(C(C)c3nc(-c4ccccc4)no3)CC2)c1. The largest absolute Gasteiger partial charge is 0.337 e. The van der Waals surface area contributed by atoms with Crippen LogP contribution in [-0.4, -0.2) is 67.0 Å². The maximum Gasteiger partial charge on any atom is 0.253 e. The Morgan fingerprint density at radius 1 is 1.09 bits per heavy atom. The van der Waals surface area contributed by atoms with Gasteiger partial charge in [0.25, 0.3) is 5.91 Å². The second-order valence-corrected chi connectivity index (χ2v) is 9.62. The van der Waals surface area contributed by atoms with E-state index in [4.69, 9.17) is 4.52 Å². The zero-order valence-electron chi connectivity index (χ0n) is 18.6. The first-order chi connectivity index (χ1) is 15.9. The molecule has 1 aliphatic rings. The summed E-state index contributed by atoms with van der Waals surface area (Å²) in [5.74, 6) is 0.911. The molecule has 1 unspecified atom stereocenters. The van der Waals surface area contributed by atoms with Crippen molar-refractivity contribution in [3.05, 3.63) is 66.1 Å². The van der Waals surface area contributed by atoms with Gasteiger partial charge in [0.15, 0.2) is 0 Å². The van der Waals surface area contributed by atoms with Crippen LogP contribution in [0, 0.1) is 0 Å². The minimum atomic E-state index is -3.62. The highest BCUT2D eigenvalue weighted by molar-refractivity contribution is 7.89. The van der Waals surface area contributed by atoms with Gasteiger partial charge in [0.05, 0.1) is 10.9 Å². The molecular formula is C23H27N5O4S. The number of amides is 1. The van der Waals surface area contributed by atoms with Gasteiger partial charge in [-0.05, 0) is 25.1 Å². The molecule has 1 atom stereocenters. The molecule has 1 fully saturated rings. The van der Waals surface area contributed by atoms with E-state index in [2.05, 4.69) is 19.8 Å². The van der Waals surface area contributed by atoms with Crippen LogP contribution < -0.4 is 4.72 Å². The van der Waals surface area contributed by atoms with Gasteiger partial charge in [-0.25, -0.2) is 13.1 Å². The van der Waals surface area contributed by atoms with Gasteiger partial charge in [0, 0.05) is 43.9 Å². The number of nitrogens with one attached hydrogen (secondary N) is 1. The number of piperazine rings is 1. The summed E-state index contributed by atoms with van der Waals surface area (Å²) in [5, 5.41) is 4.09. The highest BCUT2D eigenvalue weighted by Gasteiger charge is 2.28. The minimum absolute atomic E-state index is 0.0826. The molecule has 1 aromatic heterocycles. The zero-order valence-corrected chi connectivity index (χ0v) is 19.5. The molecule has 33 heavy (non-hydrogen) atoms. The Hall–Kier alpha value is -3.08. The third kappa shape index (κ3) is 5.13. The van der Waals surface area contributed by atoms with E-state index in [1.807, 2.05) is 37.3 Å². The number of carbonyl (C=O) groups excluding carboxylic acids is 1. The number of rotatable bonds is 7. The van der Waals surface area contributed by atoms with Crippen molar-refractivity contribution >= 4 is 15.9 Å². The van der Waals surface area contributed by atoms with Gasteiger partial charge in [-0.3, -0.25) is 9.69 Å². The van der Waals surface area contributed by atoms with E-state index in [1.54, 1.807) is 24.0 Å². The number of hydrogen-bond donors (Lipinski definition) is 1. The molecule has 0 bridgehead atoms. The molecule has 3 aromatic rings. The average molecular weight is 470 g/mol. The van der Waals surface area contributed by atoms with Crippen LogP contribution in [0.5, 0.6) is 0 Å². The lowest BCUT2D eigenvalue weighted by atomic mass is 10.1. The Bertz CT molecular complexity index is 1200. The Morgan fingerprint density at radius 3 is 2.52 bits per heavy atom. The molecule has 174 valence electrons. The predicted molar refractivity (Wildman–Crippen MR) is 123 cm³/mol. The summed E-state index contributed by atoms with van der Waals surface area (Å²) in [7, 11) is -3.62. The number of aromatic nitrogens is 2. The zero-order chi connectivity index (χ0) is 23.4. The summed E-state index contributed by atoms with van der Waals surface area (Å²) in [6.07, 6.45) is 0. The van der Waals surface area contributed by atoms with Gasteiger partial charge in [-0.15, -0.1) is 0 Å². The minimum Gasteiger partial charge on any atom is -0.337 e. The van der Waals surface area contributed by atoms with Gasteiger partial charge in [0.1, 0.15) is 0 Å². The lowest BCUT2D eigenvalue weighted by Gasteiger charge is -2.36. The Kier molecular flexibility index (Phi) is 6.87. The molecule has 1 saturated heterocycles. The maximum absolute atomic E-state index is 13.0. The molecule has 2 heterocycles. The standard InChI is InChI=1S/C23H27N5O4S/c1-3-24-33(30,31)20-11-7-10-19(16-20)23(29)28-14-12-27(13-15-28)17(2)22-25-21(26-32-22)18-8-5-4-6-9-18/h4-11,16-17,24H,3,12-15H2,1-2H3. The molecule has 0 saturated carbocycles. The molecule has 1 aliphatic heterocycles. The molecule has 1 amide bonds. The number of benzene rings is 2. The van der Waals surface area contributed by atoms with E-state index in [9.17, 15) is 13.2 Å². The van der Waals surface area contributed by atoms with Crippen molar-refractivity contribution in [2.24, 2.45) is 0 Å². The number of hydrogen-bond acceptors (Lipinski definition) is 7. The van der Waals surface area contributed by atoms with Crippen molar-refractivity contribution in [3.63, 3.8) is 0 Å². The maximum atomic E-state index is 13.0. The third-order valence-corrected chi connectivity index (χ3v) is 7.25. The highest BCUT2D eigenvalue weighted by Crippen LogP contribution is 2.24. The molecule has 1 N–H and O–H groups in total. The van der Waals surface area contributed by atoms with Crippen LogP contribution in [0.25, 0.3) is 11.4 Å². The van der Waals surface area contributed by atoms with Gasteiger partial charge < -0.3 is 9.42 Å². The van der Waals surface area contributed by atoms with Crippen molar-refractivity contribution in [2.75, 3.05) is 32.7 Å². The normalized spacial score (nSPS) is 16.0. The van der Waals surface area contributed by atoms with Crippen molar-refractivity contribution < 1.29 is 17.7 Å². The topological polar surface area (TPSA) is 109 Å². The summed E-state index contributed by atoms with van der Waals surface area (Å²) in [5.41, 5.74) is 1.26. The Labute approximate surface area is 193 Å². The van der Waals surface area contributed by atoms with Crippen LogP contribution in [0.15, 0.2) is 64.0 Å². The lowest BCUT2D eigenvalue weighted by Crippen LogP contribution is -2.49. The summed E-state index contributed by atoms with van der Waals surface area (Å²) in [6.45, 7) is 6.34. The van der Waals surface area contributed by atoms with Gasteiger partial charge >= 0.3 is 0 Å². The van der Waals surface area contributed by atoms with Crippen molar-refractivity contribution in [3.8, 4) is 11.4 Å². The van der Waals surface area contributed by atoms with Gasteiger partial charge in [0.2, 0.25) is 21.7 Å². The van der Waals surface area contributed by atoms with E-state index in [1.165, 1.54) is 12.1 Å².